The molecule has 2 N–H and O–H groups in total. The highest BCUT2D eigenvalue weighted by molar-refractivity contribution is 5.68. The molecule has 0 radical (unpaired) electrons. The number of hydrogen-bond acceptors (Lipinski definition) is 3. The molecule has 1 atom stereocenters. The number of aliphatic hydroxyl groups excluding tert-OH is 2. The van der Waals surface area contributed by atoms with Gasteiger partial charge in [0.15, 0.2) is 0 Å². The normalized spacial score (nSPS) is 17.6. The number of hydrogen-bond donors (Lipinski definition) is 2. The summed E-state index contributed by atoms with van der Waals surface area (Å²) in [5.74, 6) is 0. The molecule has 1 aliphatic rings. The van der Waals surface area contributed by atoms with Gasteiger partial charge in [-0.15, -0.1) is 0 Å². The van der Waals surface area contributed by atoms with Crippen LogP contribution >= 0.6 is 0 Å². The Morgan fingerprint density at radius 1 is 1.23 bits per heavy atom. The predicted octanol–water partition coefficient (Wildman–Crippen LogP) is 3.24. The summed E-state index contributed by atoms with van der Waals surface area (Å²) in [5.41, 5.74) is 2.10. The molecule has 0 aliphatic heterocycles. The summed E-state index contributed by atoms with van der Waals surface area (Å²) in [4.78, 5) is 4.21. The summed E-state index contributed by atoms with van der Waals surface area (Å²) in [6.07, 6.45) is -2.20. The standard InChI is InChI=1S/C16H14F3NO2/c17-16(18,19)12-2-3-13(11(6-12)8-21)10-5-9-1-4-14(22)15(9)20-7-10/h2-3,5-7,14,21-22H,1,4,8H2. The minimum absolute atomic E-state index is 0.204. The van der Waals surface area contributed by atoms with Crippen molar-refractivity contribution < 1.29 is 23.4 Å². The first-order valence-corrected chi connectivity index (χ1v) is 6.88. The lowest BCUT2D eigenvalue weighted by atomic mass is 9.97. The fraction of sp³-hybridized carbons (Fsp3) is 0.312. The number of alkyl halides is 3. The quantitative estimate of drug-likeness (QED) is 0.895. The van der Waals surface area contributed by atoms with E-state index in [1.165, 1.54) is 12.3 Å². The molecule has 0 bridgehead atoms. The number of pyridine rings is 1. The minimum atomic E-state index is -4.44. The highest BCUT2D eigenvalue weighted by atomic mass is 19.4. The number of aromatic nitrogens is 1. The fourth-order valence-electron chi connectivity index (χ4n) is 2.78. The van der Waals surface area contributed by atoms with E-state index in [-0.39, 0.29) is 5.56 Å². The van der Waals surface area contributed by atoms with Gasteiger partial charge in [-0.25, -0.2) is 0 Å². The van der Waals surface area contributed by atoms with Crippen molar-refractivity contribution in [3.05, 3.63) is 52.8 Å². The van der Waals surface area contributed by atoms with Crippen molar-refractivity contribution in [2.24, 2.45) is 0 Å². The van der Waals surface area contributed by atoms with E-state index in [2.05, 4.69) is 4.98 Å². The van der Waals surface area contributed by atoms with Crippen molar-refractivity contribution in [1.82, 2.24) is 4.98 Å². The third-order valence-electron chi connectivity index (χ3n) is 3.92. The molecule has 6 heteroatoms. The van der Waals surface area contributed by atoms with Crippen LogP contribution in [0.2, 0.25) is 0 Å². The number of nitrogens with zero attached hydrogens (tertiary/aromatic N) is 1. The smallest absolute Gasteiger partial charge is 0.392 e. The molecule has 1 heterocycles. The average Bonchev–Trinajstić information content (AvgIpc) is 2.86. The Labute approximate surface area is 125 Å². The first-order valence-electron chi connectivity index (χ1n) is 6.88. The number of rotatable bonds is 2. The summed E-state index contributed by atoms with van der Waals surface area (Å²) >= 11 is 0. The van der Waals surface area contributed by atoms with Crippen LogP contribution in [0, 0.1) is 0 Å². The summed E-state index contributed by atoms with van der Waals surface area (Å²) in [6.45, 7) is -0.487. The summed E-state index contributed by atoms with van der Waals surface area (Å²) in [7, 11) is 0. The van der Waals surface area contributed by atoms with Crippen molar-refractivity contribution in [2.45, 2.75) is 31.7 Å². The van der Waals surface area contributed by atoms with E-state index in [1.807, 2.05) is 6.07 Å². The van der Waals surface area contributed by atoms with Gasteiger partial charge in [0.25, 0.3) is 0 Å². The maximum atomic E-state index is 12.7. The number of fused-ring (bicyclic) bond motifs is 1. The molecule has 1 aliphatic carbocycles. The monoisotopic (exact) mass is 309 g/mol. The lowest BCUT2D eigenvalue weighted by Crippen LogP contribution is -2.06. The number of aliphatic hydroxyl groups is 2. The maximum absolute atomic E-state index is 12.7. The Hall–Kier alpha value is -1.92. The first kappa shape index (κ1) is 15.0. The van der Waals surface area contributed by atoms with Crippen molar-refractivity contribution in [3.8, 4) is 11.1 Å². The molecule has 3 rings (SSSR count). The van der Waals surface area contributed by atoms with Gasteiger partial charge in [0.2, 0.25) is 0 Å². The van der Waals surface area contributed by atoms with Crippen LogP contribution < -0.4 is 0 Å². The molecule has 0 saturated heterocycles. The van der Waals surface area contributed by atoms with Crippen LogP contribution in [0.4, 0.5) is 13.2 Å². The van der Waals surface area contributed by atoms with Crippen LogP contribution in [-0.2, 0) is 19.2 Å². The molecule has 116 valence electrons. The van der Waals surface area contributed by atoms with E-state index in [0.717, 1.165) is 17.7 Å². The Morgan fingerprint density at radius 3 is 2.68 bits per heavy atom. The van der Waals surface area contributed by atoms with Gasteiger partial charge in [0.05, 0.1) is 24.0 Å². The molecule has 2 aromatic rings. The molecule has 3 nitrogen and oxygen atoms in total. The molecule has 22 heavy (non-hydrogen) atoms. The maximum Gasteiger partial charge on any atom is 0.416 e. The van der Waals surface area contributed by atoms with Crippen molar-refractivity contribution in [1.29, 1.82) is 0 Å². The Kier molecular flexibility index (Phi) is 3.66. The Morgan fingerprint density at radius 2 is 2.00 bits per heavy atom. The van der Waals surface area contributed by atoms with Gasteiger partial charge in [0.1, 0.15) is 0 Å². The zero-order valence-electron chi connectivity index (χ0n) is 11.6. The highest BCUT2D eigenvalue weighted by Gasteiger charge is 2.31. The van der Waals surface area contributed by atoms with Gasteiger partial charge in [-0.3, -0.25) is 4.98 Å². The van der Waals surface area contributed by atoms with Gasteiger partial charge in [0, 0.05) is 11.8 Å². The SMILES string of the molecule is OCc1cc(C(F)(F)F)ccc1-c1cnc2c(c1)CCC2O. The molecule has 0 saturated carbocycles. The highest BCUT2D eigenvalue weighted by Crippen LogP contribution is 2.36. The molecule has 0 amide bonds. The second kappa shape index (κ2) is 5.37. The van der Waals surface area contributed by atoms with E-state index in [4.69, 9.17) is 0 Å². The first-order chi connectivity index (χ1) is 10.4. The number of benzene rings is 1. The number of aryl methyl sites for hydroxylation is 1. The van der Waals surface area contributed by atoms with Gasteiger partial charge < -0.3 is 10.2 Å². The van der Waals surface area contributed by atoms with Crippen molar-refractivity contribution >= 4 is 0 Å². The van der Waals surface area contributed by atoms with Crippen molar-refractivity contribution in [3.63, 3.8) is 0 Å². The fourth-order valence-corrected chi connectivity index (χ4v) is 2.78. The van der Waals surface area contributed by atoms with E-state index < -0.39 is 24.5 Å². The second-order valence-corrected chi connectivity index (χ2v) is 5.35. The van der Waals surface area contributed by atoms with E-state index in [0.29, 0.717) is 29.7 Å². The minimum Gasteiger partial charge on any atom is -0.392 e. The summed E-state index contributed by atoms with van der Waals surface area (Å²) in [6, 6.07) is 5.12. The van der Waals surface area contributed by atoms with E-state index in [9.17, 15) is 23.4 Å². The van der Waals surface area contributed by atoms with Crippen molar-refractivity contribution in [2.75, 3.05) is 0 Å². The summed E-state index contributed by atoms with van der Waals surface area (Å²) in [5, 5.41) is 19.1. The zero-order valence-corrected chi connectivity index (χ0v) is 11.6. The third kappa shape index (κ3) is 2.60. The summed E-state index contributed by atoms with van der Waals surface area (Å²) < 4.78 is 38.2. The van der Waals surface area contributed by atoms with Crippen LogP contribution in [0.5, 0.6) is 0 Å². The van der Waals surface area contributed by atoms with Gasteiger partial charge in [-0.05, 0) is 47.7 Å². The molecular weight excluding hydrogens is 295 g/mol. The van der Waals surface area contributed by atoms with E-state index in [1.54, 1.807) is 0 Å². The van der Waals surface area contributed by atoms with E-state index >= 15 is 0 Å². The van der Waals surface area contributed by atoms with Crippen LogP contribution in [-0.4, -0.2) is 15.2 Å². The molecule has 1 unspecified atom stereocenters. The average molecular weight is 309 g/mol. The lowest BCUT2D eigenvalue weighted by molar-refractivity contribution is -0.137. The van der Waals surface area contributed by atoms with Crippen LogP contribution in [0.1, 0.15) is 34.9 Å². The molecule has 0 spiro atoms. The molecular formula is C16H14F3NO2. The third-order valence-corrected chi connectivity index (χ3v) is 3.92. The van der Waals surface area contributed by atoms with Gasteiger partial charge in [-0.2, -0.15) is 13.2 Å². The second-order valence-electron chi connectivity index (χ2n) is 5.35. The predicted molar refractivity (Wildman–Crippen MR) is 73.9 cm³/mol. The van der Waals surface area contributed by atoms with Crippen LogP contribution in [0.3, 0.4) is 0 Å². The molecule has 0 fully saturated rings. The largest absolute Gasteiger partial charge is 0.416 e. The lowest BCUT2D eigenvalue weighted by Gasteiger charge is -2.13. The molecule has 1 aromatic heterocycles. The zero-order chi connectivity index (χ0) is 15.9. The van der Waals surface area contributed by atoms with Gasteiger partial charge >= 0.3 is 6.18 Å². The van der Waals surface area contributed by atoms with Crippen LogP contribution in [0.15, 0.2) is 30.5 Å². The molecule has 1 aromatic carbocycles. The topological polar surface area (TPSA) is 53.4 Å². The Balaban J connectivity index is 2.05. The van der Waals surface area contributed by atoms with Gasteiger partial charge in [-0.1, -0.05) is 6.07 Å². The van der Waals surface area contributed by atoms with Crippen LogP contribution in [0.25, 0.3) is 11.1 Å². The Bertz CT molecular complexity index is 713. The number of halogens is 3.